The Labute approximate surface area is 97.1 Å². The molecule has 0 aliphatic heterocycles. The second kappa shape index (κ2) is 5.61. The number of aryl methyl sites for hydroxylation is 1. The van der Waals surface area contributed by atoms with Gasteiger partial charge in [0.15, 0.2) is 0 Å². The van der Waals surface area contributed by atoms with Crippen molar-refractivity contribution in [3.63, 3.8) is 0 Å². The first-order valence-electron chi connectivity index (χ1n) is 5.71. The van der Waals surface area contributed by atoms with Gasteiger partial charge in [0.2, 0.25) is 0 Å². The molecular formula is C12H22N2S. The molecule has 86 valence electrons. The molecule has 15 heavy (non-hydrogen) atoms. The summed E-state index contributed by atoms with van der Waals surface area (Å²) in [4.78, 5) is 4.56. The van der Waals surface area contributed by atoms with Crippen molar-refractivity contribution in [1.82, 2.24) is 10.3 Å². The van der Waals surface area contributed by atoms with Crippen LogP contribution in [0.1, 0.15) is 37.4 Å². The summed E-state index contributed by atoms with van der Waals surface area (Å²) in [6.07, 6.45) is 3.53. The summed E-state index contributed by atoms with van der Waals surface area (Å²) in [5, 5.41) is 6.74. The van der Waals surface area contributed by atoms with E-state index in [4.69, 9.17) is 0 Å². The number of aromatic nitrogens is 1. The third-order valence-corrected chi connectivity index (χ3v) is 4.21. The van der Waals surface area contributed by atoms with E-state index in [9.17, 15) is 0 Å². The van der Waals surface area contributed by atoms with E-state index in [0.717, 1.165) is 18.7 Å². The van der Waals surface area contributed by atoms with Crippen LogP contribution < -0.4 is 5.32 Å². The summed E-state index contributed by atoms with van der Waals surface area (Å²) in [5.41, 5.74) is 1.54. The molecule has 0 fully saturated rings. The molecule has 0 radical (unpaired) electrons. The van der Waals surface area contributed by atoms with Gasteiger partial charge in [0.05, 0.1) is 5.01 Å². The van der Waals surface area contributed by atoms with Crippen LogP contribution in [0.3, 0.4) is 0 Å². The molecule has 0 spiro atoms. The molecular weight excluding hydrogens is 204 g/mol. The van der Waals surface area contributed by atoms with Crippen molar-refractivity contribution >= 4 is 11.3 Å². The zero-order valence-electron chi connectivity index (χ0n) is 10.3. The zero-order valence-corrected chi connectivity index (χ0v) is 11.1. The summed E-state index contributed by atoms with van der Waals surface area (Å²) in [7, 11) is 2.03. The van der Waals surface area contributed by atoms with Gasteiger partial charge < -0.3 is 5.32 Å². The van der Waals surface area contributed by atoms with Crippen molar-refractivity contribution < 1.29 is 0 Å². The van der Waals surface area contributed by atoms with E-state index in [0.29, 0.717) is 5.41 Å². The molecule has 1 N–H and O–H groups in total. The number of rotatable bonds is 6. The molecule has 0 saturated carbocycles. The molecule has 1 heterocycles. The molecule has 1 aromatic heterocycles. The molecule has 0 amide bonds. The summed E-state index contributed by atoms with van der Waals surface area (Å²) < 4.78 is 0. The van der Waals surface area contributed by atoms with E-state index >= 15 is 0 Å². The fraction of sp³-hybridized carbons (Fsp3) is 0.750. The first-order valence-corrected chi connectivity index (χ1v) is 6.59. The molecule has 3 heteroatoms. The molecule has 0 saturated heterocycles. The van der Waals surface area contributed by atoms with Gasteiger partial charge in [-0.2, -0.15) is 0 Å². The predicted octanol–water partition coefficient (Wildman–Crippen LogP) is 3.02. The monoisotopic (exact) mass is 226 g/mol. The van der Waals surface area contributed by atoms with E-state index in [1.165, 1.54) is 17.8 Å². The maximum absolute atomic E-state index is 4.56. The predicted molar refractivity (Wildman–Crippen MR) is 67.5 cm³/mol. The van der Waals surface area contributed by atoms with Crippen LogP contribution in [0.25, 0.3) is 0 Å². The Hall–Kier alpha value is -0.410. The first kappa shape index (κ1) is 12.7. The van der Waals surface area contributed by atoms with Crippen molar-refractivity contribution in [2.75, 3.05) is 13.6 Å². The summed E-state index contributed by atoms with van der Waals surface area (Å²) in [6.45, 7) is 7.71. The number of hydrogen-bond donors (Lipinski definition) is 1. The zero-order chi connectivity index (χ0) is 11.3. The fourth-order valence-electron chi connectivity index (χ4n) is 1.99. The lowest BCUT2D eigenvalue weighted by molar-refractivity contribution is 0.253. The Morgan fingerprint density at radius 1 is 1.40 bits per heavy atom. The van der Waals surface area contributed by atoms with E-state index in [-0.39, 0.29) is 0 Å². The van der Waals surface area contributed by atoms with Crippen LogP contribution in [-0.4, -0.2) is 18.6 Å². The molecule has 0 aromatic carbocycles. The van der Waals surface area contributed by atoms with Gasteiger partial charge in [-0.05, 0) is 32.2 Å². The molecule has 0 aliphatic carbocycles. The number of nitrogens with zero attached hydrogens (tertiary/aromatic N) is 1. The van der Waals surface area contributed by atoms with Gasteiger partial charge in [0.25, 0.3) is 0 Å². The third kappa shape index (κ3) is 3.28. The van der Waals surface area contributed by atoms with Crippen LogP contribution in [0, 0.1) is 12.3 Å². The smallest absolute Gasteiger partial charge is 0.0934 e. The molecule has 1 aromatic rings. The summed E-state index contributed by atoms with van der Waals surface area (Å²) in [5.74, 6) is 0. The van der Waals surface area contributed by atoms with Crippen molar-refractivity contribution in [2.45, 2.75) is 40.0 Å². The standard InChI is InChI=1S/C12H22N2S/c1-5-12(6-2,9-13-4)7-11-14-10(3)8-15-11/h8,13H,5-7,9H2,1-4H3. The highest BCUT2D eigenvalue weighted by atomic mass is 32.1. The van der Waals surface area contributed by atoms with Gasteiger partial charge in [0.1, 0.15) is 0 Å². The van der Waals surface area contributed by atoms with Crippen molar-refractivity contribution in [3.05, 3.63) is 16.1 Å². The molecule has 0 unspecified atom stereocenters. The summed E-state index contributed by atoms with van der Waals surface area (Å²) in [6, 6.07) is 0. The van der Waals surface area contributed by atoms with Crippen LogP contribution in [0.2, 0.25) is 0 Å². The van der Waals surface area contributed by atoms with Gasteiger partial charge in [-0.3, -0.25) is 0 Å². The lowest BCUT2D eigenvalue weighted by Crippen LogP contribution is -2.33. The van der Waals surface area contributed by atoms with E-state index < -0.39 is 0 Å². The van der Waals surface area contributed by atoms with Gasteiger partial charge in [-0.15, -0.1) is 11.3 Å². The van der Waals surface area contributed by atoms with E-state index in [2.05, 4.69) is 36.5 Å². The number of nitrogens with one attached hydrogen (secondary N) is 1. The van der Waals surface area contributed by atoms with Crippen LogP contribution >= 0.6 is 11.3 Å². The first-order chi connectivity index (χ1) is 7.15. The van der Waals surface area contributed by atoms with Gasteiger partial charge in [-0.1, -0.05) is 13.8 Å². The largest absolute Gasteiger partial charge is 0.319 e. The van der Waals surface area contributed by atoms with Gasteiger partial charge >= 0.3 is 0 Å². The van der Waals surface area contributed by atoms with E-state index in [1.54, 1.807) is 11.3 Å². The van der Waals surface area contributed by atoms with Gasteiger partial charge in [-0.25, -0.2) is 4.98 Å². The average Bonchev–Trinajstić information content (AvgIpc) is 2.63. The molecule has 2 nitrogen and oxygen atoms in total. The molecule has 0 bridgehead atoms. The number of thiazole rings is 1. The van der Waals surface area contributed by atoms with Crippen molar-refractivity contribution in [3.8, 4) is 0 Å². The van der Waals surface area contributed by atoms with E-state index in [1.807, 2.05) is 7.05 Å². The molecule has 0 atom stereocenters. The highest BCUT2D eigenvalue weighted by molar-refractivity contribution is 7.09. The topological polar surface area (TPSA) is 24.9 Å². The summed E-state index contributed by atoms with van der Waals surface area (Å²) >= 11 is 1.79. The highest BCUT2D eigenvalue weighted by Crippen LogP contribution is 2.31. The average molecular weight is 226 g/mol. The highest BCUT2D eigenvalue weighted by Gasteiger charge is 2.26. The molecule has 0 aliphatic rings. The lowest BCUT2D eigenvalue weighted by atomic mass is 9.79. The Morgan fingerprint density at radius 2 is 2.07 bits per heavy atom. The second-order valence-corrected chi connectivity index (χ2v) is 5.24. The fourth-order valence-corrected chi connectivity index (χ4v) is 2.94. The minimum Gasteiger partial charge on any atom is -0.319 e. The third-order valence-electron chi connectivity index (χ3n) is 3.24. The number of hydrogen-bond acceptors (Lipinski definition) is 3. The second-order valence-electron chi connectivity index (χ2n) is 4.30. The Balaban J connectivity index is 2.73. The van der Waals surface area contributed by atoms with Crippen LogP contribution in [0.4, 0.5) is 0 Å². The maximum Gasteiger partial charge on any atom is 0.0934 e. The van der Waals surface area contributed by atoms with Gasteiger partial charge in [0, 0.05) is 24.0 Å². The maximum atomic E-state index is 4.56. The Bertz CT molecular complexity index is 290. The van der Waals surface area contributed by atoms with Crippen LogP contribution in [-0.2, 0) is 6.42 Å². The SMILES string of the molecule is CCC(CC)(CNC)Cc1nc(C)cs1. The lowest BCUT2D eigenvalue weighted by Gasteiger charge is -2.30. The Morgan fingerprint density at radius 3 is 2.47 bits per heavy atom. The van der Waals surface area contributed by atoms with Crippen LogP contribution in [0.15, 0.2) is 5.38 Å². The van der Waals surface area contributed by atoms with Crippen LogP contribution in [0.5, 0.6) is 0 Å². The normalized spacial score (nSPS) is 12.0. The van der Waals surface area contributed by atoms with Crippen molar-refractivity contribution in [2.24, 2.45) is 5.41 Å². The molecule has 1 rings (SSSR count). The quantitative estimate of drug-likeness (QED) is 0.806. The minimum absolute atomic E-state index is 0.388. The minimum atomic E-state index is 0.388. The van der Waals surface area contributed by atoms with Crippen molar-refractivity contribution in [1.29, 1.82) is 0 Å². The Kier molecular flexibility index (Phi) is 4.74.